The molecule has 0 aliphatic heterocycles. The molecule has 2 aromatic rings. The lowest BCUT2D eigenvalue weighted by atomic mass is 10.2. The van der Waals surface area contributed by atoms with Gasteiger partial charge < -0.3 is 15.4 Å². The van der Waals surface area contributed by atoms with Crippen molar-refractivity contribution in [2.75, 3.05) is 11.9 Å². The van der Waals surface area contributed by atoms with Gasteiger partial charge in [-0.2, -0.15) is 5.10 Å². The van der Waals surface area contributed by atoms with Crippen molar-refractivity contribution in [2.45, 2.75) is 13.5 Å². The fourth-order valence-electron chi connectivity index (χ4n) is 1.88. The number of hydrogen-bond donors (Lipinski definition) is 2. The van der Waals surface area contributed by atoms with Crippen LogP contribution in [0.3, 0.4) is 0 Å². The second-order valence-corrected chi connectivity index (χ2v) is 5.48. The number of benzene rings is 1. The number of esters is 1. The van der Waals surface area contributed by atoms with Crippen LogP contribution >= 0.6 is 23.8 Å². The third kappa shape index (κ3) is 4.67. The average molecular weight is 353 g/mol. The summed E-state index contributed by atoms with van der Waals surface area (Å²) in [7, 11) is 1.81. The molecular formula is C15H17ClN4O2S. The second kappa shape index (κ2) is 7.94. The molecule has 0 fully saturated rings. The SMILES string of the molecule is CCOC(=O)c1ccc(NC(=S)NCc2c(Cl)cnn2C)cc1. The molecule has 0 bridgehead atoms. The van der Waals surface area contributed by atoms with Gasteiger partial charge in [0.2, 0.25) is 0 Å². The van der Waals surface area contributed by atoms with E-state index in [2.05, 4.69) is 15.7 Å². The first kappa shape index (κ1) is 17.2. The lowest BCUT2D eigenvalue weighted by Crippen LogP contribution is -2.28. The van der Waals surface area contributed by atoms with Crippen molar-refractivity contribution in [1.82, 2.24) is 15.1 Å². The van der Waals surface area contributed by atoms with Gasteiger partial charge in [0.25, 0.3) is 0 Å². The zero-order chi connectivity index (χ0) is 16.8. The number of rotatable bonds is 5. The molecule has 1 aromatic heterocycles. The van der Waals surface area contributed by atoms with E-state index in [-0.39, 0.29) is 5.97 Å². The maximum absolute atomic E-state index is 11.6. The Bertz CT molecular complexity index is 681. The van der Waals surface area contributed by atoms with E-state index in [1.807, 2.05) is 7.05 Å². The highest BCUT2D eigenvalue weighted by Crippen LogP contribution is 2.14. The van der Waals surface area contributed by atoms with Crippen molar-refractivity contribution in [3.8, 4) is 0 Å². The van der Waals surface area contributed by atoms with E-state index >= 15 is 0 Å². The van der Waals surface area contributed by atoms with Crippen LogP contribution in [0.25, 0.3) is 0 Å². The smallest absolute Gasteiger partial charge is 0.338 e. The standard InChI is InChI=1S/C15H17ClN4O2S/c1-3-22-14(21)10-4-6-11(7-5-10)19-15(23)17-9-13-12(16)8-18-20(13)2/h4-8H,3,9H2,1-2H3,(H2,17,19,23). The summed E-state index contributed by atoms with van der Waals surface area (Å²) in [5, 5.41) is 11.2. The number of carbonyl (C=O) groups excluding carboxylic acids is 1. The summed E-state index contributed by atoms with van der Waals surface area (Å²) in [5.41, 5.74) is 2.11. The van der Waals surface area contributed by atoms with Gasteiger partial charge in [-0.3, -0.25) is 4.68 Å². The molecule has 0 amide bonds. The highest BCUT2D eigenvalue weighted by molar-refractivity contribution is 7.80. The predicted molar refractivity (Wildman–Crippen MR) is 93.7 cm³/mol. The number of thiocarbonyl (C=S) groups is 1. The molecule has 0 spiro atoms. The summed E-state index contributed by atoms with van der Waals surface area (Å²) < 4.78 is 6.62. The molecule has 0 radical (unpaired) electrons. The molecule has 1 heterocycles. The summed E-state index contributed by atoms with van der Waals surface area (Å²) >= 11 is 11.3. The van der Waals surface area contributed by atoms with Gasteiger partial charge in [-0.05, 0) is 43.4 Å². The van der Waals surface area contributed by atoms with Gasteiger partial charge in [0, 0.05) is 12.7 Å². The Hall–Kier alpha value is -2.12. The fourth-order valence-corrected chi connectivity index (χ4v) is 2.30. The molecule has 2 rings (SSSR count). The lowest BCUT2D eigenvalue weighted by Gasteiger charge is -2.11. The molecule has 122 valence electrons. The van der Waals surface area contributed by atoms with Crippen molar-refractivity contribution >= 4 is 40.6 Å². The first-order valence-corrected chi connectivity index (χ1v) is 7.78. The molecule has 0 unspecified atom stereocenters. The second-order valence-electron chi connectivity index (χ2n) is 4.67. The van der Waals surface area contributed by atoms with Gasteiger partial charge in [-0.15, -0.1) is 0 Å². The molecule has 0 aliphatic carbocycles. The largest absolute Gasteiger partial charge is 0.462 e. The minimum Gasteiger partial charge on any atom is -0.462 e. The summed E-state index contributed by atoms with van der Waals surface area (Å²) in [5.74, 6) is -0.342. The van der Waals surface area contributed by atoms with E-state index < -0.39 is 0 Å². The zero-order valence-corrected chi connectivity index (χ0v) is 14.4. The molecule has 1 aromatic carbocycles. The maximum Gasteiger partial charge on any atom is 0.338 e. The Kier molecular flexibility index (Phi) is 5.95. The van der Waals surface area contributed by atoms with Gasteiger partial charge in [0.05, 0.1) is 35.6 Å². The maximum atomic E-state index is 11.6. The van der Waals surface area contributed by atoms with Crippen molar-refractivity contribution in [2.24, 2.45) is 7.05 Å². The molecule has 0 saturated heterocycles. The summed E-state index contributed by atoms with van der Waals surface area (Å²) in [4.78, 5) is 11.6. The summed E-state index contributed by atoms with van der Waals surface area (Å²) in [6, 6.07) is 6.89. The Morgan fingerprint density at radius 2 is 2.09 bits per heavy atom. The van der Waals surface area contributed by atoms with Gasteiger partial charge in [-0.25, -0.2) is 4.79 Å². The van der Waals surface area contributed by atoms with E-state index in [0.29, 0.717) is 28.9 Å². The third-order valence-electron chi connectivity index (χ3n) is 3.08. The number of aryl methyl sites for hydroxylation is 1. The van der Waals surface area contributed by atoms with Crippen LogP contribution in [0.5, 0.6) is 0 Å². The highest BCUT2D eigenvalue weighted by atomic mass is 35.5. The van der Waals surface area contributed by atoms with E-state index in [4.69, 9.17) is 28.6 Å². The molecule has 0 saturated carbocycles. The van der Waals surface area contributed by atoms with Gasteiger partial charge in [-0.1, -0.05) is 11.6 Å². The molecule has 23 heavy (non-hydrogen) atoms. The number of nitrogens with zero attached hydrogens (tertiary/aromatic N) is 2. The molecule has 8 heteroatoms. The average Bonchev–Trinajstić information content (AvgIpc) is 2.85. The van der Waals surface area contributed by atoms with Crippen LogP contribution in [-0.2, 0) is 18.3 Å². The fraction of sp³-hybridized carbons (Fsp3) is 0.267. The van der Waals surface area contributed by atoms with E-state index in [1.54, 1.807) is 42.1 Å². The molecule has 0 atom stereocenters. The zero-order valence-electron chi connectivity index (χ0n) is 12.8. The highest BCUT2D eigenvalue weighted by Gasteiger charge is 2.08. The molecule has 6 nitrogen and oxygen atoms in total. The van der Waals surface area contributed by atoms with Crippen molar-refractivity contribution in [3.63, 3.8) is 0 Å². The molecule has 2 N–H and O–H groups in total. The summed E-state index contributed by atoms with van der Waals surface area (Å²) in [6.45, 7) is 2.58. The minimum absolute atomic E-state index is 0.342. The number of anilines is 1. The van der Waals surface area contributed by atoms with Crippen LogP contribution in [-0.4, -0.2) is 27.5 Å². The van der Waals surface area contributed by atoms with Crippen LogP contribution in [0.1, 0.15) is 23.0 Å². The third-order valence-corrected chi connectivity index (χ3v) is 3.64. The Balaban J connectivity index is 1.89. The minimum atomic E-state index is -0.342. The number of hydrogen-bond acceptors (Lipinski definition) is 4. The van der Waals surface area contributed by atoms with Crippen LogP contribution in [0, 0.1) is 0 Å². The number of aromatic nitrogens is 2. The van der Waals surface area contributed by atoms with Gasteiger partial charge >= 0.3 is 5.97 Å². The number of ether oxygens (including phenoxy) is 1. The predicted octanol–water partition coefficient (Wildman–Crippen LogP) is 2.74. The normalized spacial score (nSPS) is 10.2. The Labute approximate surface area is 144 Å². The molecule has 0 aliphatic rings. The number of carbonyl (C=O) groups is 1. The number of halogens is 1. The Morgan fingerprint density at radius 1 is 1.39 bits per heavy atom. The van der Waals surface area contributed by atoms with Gasteiger partial charge in [0.1, 0.15) is 0 Å². The van der Waals surface area contributed by atoms with E-state index in [9.17, 15) is 4.79 Å². The first-order valence-electron chi connectivity index (χ1n) is 6.99. The Morgan fingerprint density at radius 3 is 2.65 bits per heavy atom. The van der Waals surface area contributed by atoms with Crippen LogP contribution < -0.4 is 10.6 Å². The lowest BCUT2D eigenvalue weighted by molar-refractivity contribution is 0.0526. The van der Waals surface area contributed by atoms with E-state index in [0.717, 1.165) is 11.4 Å². The topological polar surface area (TPSA) is 68.2 Å². The van der Waals surface area contributed by atoms with Crippen molar-refractivity contribution in [1.29, 1.82) is 0 Å². The quantitative estimate of drug-likeness (QED) is 0.637. The summed E-state index contributed by atoms with van der Waals surface area (Å²) in [6.07, 6.45) is 1.59. The van der Waals surface area contributed by atoms with E-state index in [1.165, 1.54) is 0 Å². The molecular weight excluding hydrogens is 336 g/mol. The first-order chi connectivity index (χ1) is 11.0. The van der Waals surface area contributed by atoms with Crippen LogP contribution in [0.15, 0.2) is 30.5 Å². The van der Waals surface area contributed by atoms with Crippen LogP contribution in [0.2, 0.25) is 5.02 Å². The van der Waals surface area contributed by atoms with Gasteiger partial charge in [0.15, 0.2) is 5.11 Å². The monoisotopic (exact) mass is 352 g/mol. The van der Waals surface area contributed by atoms with Crippen molar-refractivity contribution in [3.05, 3.63) is 46.7 Å². The van der Waals surface area contributed by atoms with Crippen LogP contribution in [0.4, 0.5) is 5.69 Å². The van der Waals surface area contributed by atoms with Crippen molar-refractivity contribution < 1.29 is 9.53 Å². The number of nitrogens with one attached hydrogen (secondary N) is 2.